The molecule has 1 aliphatic heterocycles. The molecule has 0 radical (unpaired) electrons. The van der Waals surface area contributed by atoms with E-state index in [1.807, 2.05) is 49.4 Å². The zero-order valence-electron chi connectivity index (χ0n) is 22.1. The summed E-state index contributed by atoms with van der Waals surface area (Å²) in [7, 11) is 0. The number of benzene rings is 4. The van der Waals surface area contributed by atoms with E-state index in [0.29, 0.717) is 46.2 Å². The molecule has 0 aromatic heterocycles. The number of anilines is 1. The van der Waals surface area contributed by atoms with Crippen LogP contribution in [-0.4, -0.2) is 24.2 Å². The maximum atomic E-state index is 13.0. The van der Waals surface area contributed by atoms with Crippen LogP contribution in [0, 0.1) is 21.4 Å². The number of nitro benzene ring substituents is 1. The molecule has 1 heterocycles. The summed E-state index contributed by atoms with van der Waals surface area (Å²) < 4.78 is 22.6. The quantitative estimate of drug-likeness (QED) is 0.114. The number of nitriles is 1. The van der Waals surface area contributed by atoms with Crippen LogP contribution in [0.3, 0.4) is 0 Å². The van der Waals surface area contributed by atoms with E-state index in [4.69, 9.17) is 18.9 Å². The molecule has 0 saturated carbocycles. The van der Waals surface area contributed by atoms with E-state index in [1.54, 1.807) is 24.3 Å². The van der Waals surface area contributed by atoms with E-state index < -0.39 is 10.8 Å². The summed E-state index contributed by atoms with van der Waals surface area (Å²) in [6.07, 6.45) is 1.47. The predicted octanol–water partition coefficient (Wildman–Crippen LogP) is 6.14. The SMILES string of the molecule is CCOc1cc(C=C(C#N)C(=O)Nc2cccc3ccccc23)ccc1OCc1cc([N+](=O)[O-])cc2c1OCOC2. The van der Waals surface area contributed by atoms with Gasteiger partial charge in [0, 0.05) is 34.3 Å². The van der Waals surface area contributed by atoms with Gasteiger partial charge in [-0.15, -0.1) is 0 Å². The van der Waals surface area contributed by atoms with E-state index in [0.717, 1.165) is 10.8 Å². The van der Waals surface area contributed by atoms with Crippen LogP contribution >= 0.6 is 0 Å². The molecule has 0 fully saturated rings. The first-order valence-corrected chi connectivity index (χ1v) is 12.8. The zero-order chi connectivity index (χ0) is 28.8. The molecule has 206 valence electrons. The molecule has 5 rings (SSSR count). The fourth-order valence-electron chi connectivity index (χ4n) is 4.49. The largest absolute Gasteiger partial charge is 0.490 e. The number of fused-ring (bicyclic) bond motifs is 2. The van der Waals surface area contributed by atoms with Crippen molar-refractivity contribution in [2.24, 2.45) is 0 Å². The average Bonchev–Trinajstić information content (AvgIpc) is 2.99. The second-order valence-corrected chi connectivity index (χ2v) is 9.04. The van der Waals surface area contributed by atoms with Crippen molar-refractivity contribution in [2.75, 3.05) is 18.7 Å². The maximum Gasteiger partial charge on any atom is 0.270 e. The van der Waals surface area contributed by atoms with Gasteiger partial charge in [0.2, 0.25) is 0 Å². The summed E-state index contributed by atoms with van der Waals surface area (Å²) in [6.45, 7) is 2.37. The molecule has 0 aliphatic carbocycles. The number of nitrogens with one attached hydrogen (secondary N) is 1. The van der Waals surface area contributed by atoms with Crippen LogP contribution in [0.25, 0.3) is 16.8 Å². The Labute approximate surface area is 235 Å². The molecular weight excluding hydrogens is 526 g/mol. The molecule has 1 N–H and O–H groups in total. The Balaban J connectivity index is 1.37. The Kier molecular flexibility index (Phi) is 8.08. The van der Waals surface area contributed by atoms with Crippen LogP contribution in [0.1, 0.15) is 23.6 Å². The third-order valence-electron chi connectivity index (χ3n) is 6.35. The Morgan fingerprint density at radius 3 is 2.73 bits per heavy atom. The molecule has 4 aromatic carbocycles. The van der Waals surface area contributed by atoms with Gasteiger partial charge in [-0.2, -0.15) is 5.26 Å². The number of nitrogens with zero attached hydrogens (tertiary/aromatic N) is 2. The van der Waals surface area contributed by atoms with E-state index in [2.05, 4.69) is 5.32 Å². The fourth-order valence-corrected chi connectivity index (χ4v) is 4.49. The lowest BCUT2D eigenvalue weighted by Crippen LogP contribution is -2.14. The first-order valence-electron chi connectivity index (χ1n) is 12.8. The van der Waals surface area contributed by atoms with Gasteiger partial charge >= 0.3 is 0 Å². The lowest BCUT2D eigenvalue weighted by Gasteiger charge is -2.21. The highest BCUT2D eigenvalue weighted by molar-refractivity contribution is 6.12. The van der Waals surface area contributed by atoms with E-state index in [-0.39, 0.29) is 31.3 Å². The normalized spacial score (nSPS) is 12.5. The summed E-state index contributed by atoms with van der Waals surface area (Å²) in [5.41, 5.74) is 2.05. The van der Waals surface area contributed by atoms with Gasteiger partial charge in [-0.05, 0) is 42.1 Å². The predicted molar refractivity (Wildman–Crippen MR) is 151 cm³/mol. The Hall–Kier alpha value is -5.40. The van der Waals surface area contributed by atoms with Crippen molar-refractivity contribution >= 4 is 34.1 Å². The van der Waals surface area contributed by atoms with Crippen molar-refractivity contribution in [3.05, 3.63) is 105 Å². The van der Waals surface area contributed by atoms with Gasteiger partial charge in [-0.1, -0.05) is 42.5 Å². The number of nitro groups is 1. The molecule has 10 heteroatoms. The number of hydrogen-bond acceptors (Lipinski definition) is 8. The van der Waals surface area contributed by atoms with E-state index in [1.165, 1.54) is 18.2 Å². The number of hydrogen-bond donors (Lipinski definition) is 1. The van der Waals surface area contributed by atoms with Gasteiger partial charge in [0.05, 0.1) is 18.1 Å². The van der Waals surface area contributed by atoms with Crippen LogP contribution in [0.15, 0.2) is 78.4 Å². The highest BCUT2D eigenvalue weighted by Gasteiger charge is 2.22. The van der Waals surface area contributed by atoms with Crippen molar-refractivity contribution in [3.8, 4) is 23.3 Å². The van der Waals surface area contributed by atoms with Gasteiger partial charge in [0.15, 0.2) is 18.3 Å². The van der Waals surface area contributed by atoms with Gasteiger partial charge in [0.1, 0.15) is 24.0 Å². The first-order chi connectivity index (χ1) is 20.0. The van der Waals surface area contributed by atoms with Gasteiger partial charge in [0.25, 0.3) is 11.6 Å². The van der Waals surface area contributed by atoms with Gasteiger partial charge < -0.3 is 24.3 Å². The highest BCUT2D eigenvalue weighted by atomic mass is 16.7. The minimum absolute atomic E-state index is 0.0177. The van der Waals surface area contributed by atoms with Crippen molar-refractivity contribution in [2.45, 2.75) is 20.1 Å². The van der Waals surface area contributed by atoms with E-state index in [9.17, 15) is 20.2 Å². The number of ether oxygens (including phenoxy) is 4. The standard InChI is InChI=1S/C31H25N3O7/c1-2-39-29-13-20(12-22(16-32)31(35)33-27-9-5-7-21-6-3-4-8-26(21)27)10-11-28(29)40-18-24-15-25(34(36)37)14-23-17-38-19-41-30(23)24/h3-15H,2,17-19H2,1H3,(H,33,35). The molecule has 1 aliphatic rings. The second-order valence-electron chi connectivity index (χ2n) is 9.04. The Bertz CT molecular complexity index is 1700. The summed E-state index contributed by atoms with van der Waals surface area (Å²) in [5.74, 6) is 0.725. The molecule has 41 heavy (non-hydrogen) atoms. The molecule has 0 saturated heterocycles. The molecule has 1 amide bonds. The number of rotatable bonds is 9. The topological polar surface area (TPSA) is 133 Å². The third kappa shape index (κ3) is 6.11. The van der Waals surface area contributed by atoms with Crippen LogP contribution in [0.4, 0.5) is 11.4 Å². The van der Waals surface area contributed by atoms with Crippen molar-refractivity contribution in [3.63, 3.8) is 0 Å². The van der Waals surface area contributed by atoms with Crippen LogP contribution in [0.5, 0.6) is 17.2 Å². The Morgan fingerprint density at radius 1 is 1.10 bits per heavy atom. The summed E-state index contributed by atoms with van der Waals surface area (Å²) >= 11 is 0. The third-order valence-corrected chi connectivity index (χ3v) is 6.35. The summed E-state index contributed by atoms with van der Waals surface area (Å²) in [4.78, 5) is 23.9. The number of amides is 1. The molecule has 0 unspecified atom stereocenters. The molecule has 4 aromatic rings. The monoisotopic (exact) mass is 551 g/mol. The van der Waals surface area contributed by atoms with E-state index >= 15 is 0 Å². The molecule has 10 nitrogen and oxygen atoms in total. The van der Waals surface area contributed by atoms with Gasteiger partial charge in [-0.25, -0.2) is 0 Å². The molecule has 0 bridgehead atoms. The first kappa shape index (κ1) is 27.2. The van der Waals surface area contributed by atoms with Crippen molar-refractivity contribution in [1.82, 2.24) is 0 Å². The minimum atomic E-state index is -0.540. The fraction of sp³-hybridized carbons (Fsp3) is 0.161. The second kappa shape index (κ2) is 12.2. The Morgan fingerprint density at radius 2 is 1.93 bits per heavy atom. The van der Waals surface area contributed by atoms with Crippen LogP contribution in [-0.2, 0) is 22.7 Å². The highest BCUT2D eigenvalue weighted by Crippen LogP contribution is 2.35. The van der Waals surface area contributed by atoms with Gasteiger partial charge in [-0.3, -0.25) is 14.9 Å². The maximum absolute atomic E-state index is 13.0. The lowest BCUT2D eigenvalue weighted by molar-refractivity contribution is -0.385. The summed E-state index contributed by atoms with van der Waals surface area (Å²) in [6, 6.07) is 23.0. The van der Waals surface area contributed by atoms with Crippen LogP contribution < -0.4 is 19.5 Å². The van der Waals surface area contributed by atoms with Crippen LogP contribution in [0.2, 0.25) is 0 Å². The number of non-ortho nitro benzene ring substituents is 1. The lowest BCUT2D eigenvalue weighted by atomic mass is 10.1. The molecular formula is C31H25N3O7. The van der Waals surface area contributed by atoms with Crippen molar-refractivity contribution in [1.29, 1.82) is 5.26 Å². The number of carbonyl (C=O) groups excluding carboxylic acids is 1. The number of carbonyl (C=O) groups is 1. The average molecular weight is 552 g/mol. The minimum Gasteiger partial charge on any atom is -0.490 e. The molecule has 0 spiro atoms. The molecule has 0 atom stereocenters. The van der Waals surface area contributed by atoms with Crippen molar-refractivity contribution < 1.29 is 28.7 Å². The summed E-state index contributed by atoms with van der Waals surface area (Å²) in [5, 5.41) is 25.8. The zero-order valence-corrected chi connectivity index (χ0v) is 22.1. The smallest absolute Gasteiger partial charge is 0.270 e.